The van der Waals surface area contributed by atoms with Crippen LogP contribution in [0.1, 0.15) is 26.3 Å². The molecule has 1 rings (SSSR count). The van der Waals surface area contributed by atoms with Gasteiger partial charge < -0.3 is 10.6 Å². The van der Waals surface area contributed by atoms with Gasteiger partial charge >= 0.3 is 0 Å². The third-order valence-corrected chi connectivity index (χ3v) is 3.07. The fraction of sp³-hybridized carbons (Fsp3) is 0.571. The second kappa shape index (κ2) is 5.87. The number of hydrogen-bond donors (Lipinski definition) is 1. The van der Waals surface area contributed by atoms with Gasteiger partial charge in [0.25, 0.3) is 0 Å². The molecule has 0 bridgehead atoms. The quantitative estimate of drug-likeness (QED) is 0.923. The fourth-order valence-corrected chi connectivity index (χ4v) is 2.49. The summed E-state index contributed by atoms with van der Waals surface area (Å²) in [6, 6.07) is 6.43. The minimum Gasteiger partial charge on any atom is -0.374 e. The minimum atomic E-state index is 0.293. The average molecular weight is 299 g/mol. The number of halogens is 1. The Bertz CT molecular complexity index is 369. The van der Waals surface area contributed by atoms with Gasteiger partial charge in [0.1, 0.15) is 0 Å². The maximum atomic E-state index is 5.67. The van der Waals surface area contributed by atoms with Crippen LogP contribution in [0.3, 0.4) is 0 Å². The summed E-state index contributed by atoms with van der Waals surface area (Å²) in [5, 5.41) is 0. The first-order chi connectivity index (χ1) is 7.83. The van der Waals surface area contributed by atoms with Crippen molar-refractivity contribution in [3.63, 3.8) is 0 Å². The first-order valence-corrected chi connectivity index (χ1v) is 6.82. The molecular weight excluding hydrogens is 276 g/mol. The molecule has 0 saturated heterocycles. The molecule has 0 fully saturated rings. The molecule has 0 aliphatic heterocycles. The topological polar surface area (TPSA) is 29.3 Å². The zero-order valence-electron chi connectivity index (χ0n) is 11.3. The number of nitrogens with zero attached hydrogens (tertiary/aromatic N) is 1. The van der Waals surface area contributed by atoms with E-state index in [1.165, 1.54) is 11.3 Å². The summed E-state index contributed by atoms with van der Waals surface area (Å²) in [7, 11) is 2.15. The van der Waals surface area contributed by atoms with E-state index in [-0.39, 0.29) is 0 Å². The Morgan fingerprint density at radius 1 is 1.29 bits per heavy atom. The molecule has 1 aromatic carbocycles. The van der Waals surface area contributed by atoms with Crippen LogP contribution >= 0.6 is 15.9 Å². The van der Waals surface area contributed by atoms with Crippen LogP contribution in [0.4, 0.5) is 5.69 Å². The Morgan fingerprint density at radius 2 is 1.94 bits per heavy atom. The highest BCUT2D eigenvalue weighted by Crippen LogP contribution is 2.26. The molecule has 0 aromatic heterocycles. The number of benzene rings is 1. The number of nitrogens with two attached hydrogens (primary N) is 1. The predicted octanol–water partition coefficient (Wildman–Crippen LogP) is 3.43. The molecule has 17 heavy (non-hydrogen) atoms. The Labute approximate surface area is 113 Å². The number of rotatable bonds is 4. The lowest BCUT2D eigenvalue weighted by molar-refractivity contribution is 0.418. The van der Waals surface area contributed by atoms with Crippen molar-refractivity contribution in [1.29, 1.82) is 0 Å². The zero-order valence-corrected chi connectivity index (χ0v) is 12.8. The van der Waals surface area contributed by atoms with Crippen molar-refractivity contribution in [3.8, 4) is 0 Å². The Hall–Kier alpha value is -0.540. The first kappa shape index (κ1) is 14.5. The molecule has 1 aromatic rings. The van der Waals surface area contributed by atoms with Crippen molar-refractivity contribution in [3.05, 3.63) is 28.2 Å². The van der Waals surface area contributed by atoms with Gasteiger partial charge in [0.05, 0.1) is 0 Å². The van der Waals surface area contributed by atoms with Crippen LogP contribution in [0.15, 0.2) is 22.7 Å². The van der Waals surface area contributed by atoms with E-state index >= 15 is 0 Å². The van der Waals surface area contributed by atoms with Gasteiger partial charge in [-0.3, -0.25) is 0 Å². The van der Waals surface area contributed by atoms with Crippen LogP contribution < -0.4 is 10.6 Å². The Kier molecular flexibility index (Phi) is 5.02. The van der Waals surface area contributed by atoms with Crippen LogP contribution in [0, 0.1) is 5.41 Å². The third kappa shape index (κ3) is 4.68. The molecule has 0 radical (unpaired) electrons. The molecule has 0 spiro atoms. The number of hydrogen-bond acceptors (Lipinski definition) is 2. The predicted molar refractivity (Wildman–Crippen MR) is 79.6 cm³/mol. The van der Waals surface area contributed by atoms with Gasteiger partial charge in [-0.2, -0.15) is 0 Å². The van der Waals surface area contributed by atoms with Crippen molar-refractivity contribution in [2.45, 2.75) is 27.2 Å². The van der Waals surface area contributed by atoms with E-state index in [1.54, 1.807) is 0 Å². The summed E-state index contributed by atoms with van der Waals surface area (Å²) in [5.41, 5.74) is 8.57. The van der Waals surface area contributed by atoms with Crippen LogP contribution in [0.5, 0.6) is 0 Å². The summed E-state index contributed by atoms with van der Waals surface area (Å²) in [6.07, 6.45) is 0.920. The SMILES string of the molecule is CN(CC(C)(C)C)c1ccc(Br)cc1CCN. The Balaban J connectivity index is 2.95. The van der Waals surface area contributed by atoms with Crippen molar-refractivity contribution in [1.82, 2.24) is 0 Å². The lowest BCUT2D eigenvalue weighted by Gasteiger charge is -2.30. The van der Waals surface area contributed by atoms with Crippen LogP contribution in [-0.2, 0) is 6.42 Å². The highest BCUT2D eigenvalue weighted by atomic mass is 79.9. The highest BCUT2D eigenvalue weighted by molar-refractivity contribution is 9.10. The molecular formula is C14H23BrN2. The van der Waals surface area contributed by atoms with Crippen LogP contribution in [0.2, 0.25) is 0 Å². The summed E-state index contributed by atoms with van der Waals surface area (Å²) in [6.45, 7) is 8.49. The molecule has 0 aliphatic rings. The van der Waals surface area contributed by atoms with Crippen molar-refractivity contribution < 1.29 is 0 Å². The van der Waals surface area contributed by atoms with E-state index < -0.39 is 0 Å². The Morgan fingerprint density at radius 3 is 2.47 bits per heavy atom. The molecule has 0 saturated carbocycles. The zero-order chi connectivity index (χ0) is 13.1. The summed E-state index contributed by atoms with van der Waals surface area (Å²) in [5.74, 6) is 0. The molecule has 2 N–H and O–H groups in total. The molecule has 0 aliphatic carbocycles. The average Bonchev–Trinajstić information content (AvgIpc) is 2.15. The molecule has 96 valence electrons. The van der Waals surface area contributed by atoms with E-state index in [0.717, 1.165) is 17.4 Å². The second-order valence-corrected chi connectivity index (χ2v) is 6.64. The number of anilines is 1. The van der Waals surface area contributed by atoms with Gasteiger partial charge in [-0.05, 0) is 42.1 Å². The molecule has 0 amide bonds. The lowest BCUT2D eigenvalue weighted by Crippen LogP contribution is -2.30. The normalized spacial score (nSPS) is 11.6. The van der Waals surface area contributed by atoms with Gasteiger partial charge in [0, 0.05) is 23.8 Å². The smallest absolute Gasteiger partial charge is 0.0397 e. The van der Waals surface area contributed by atoms with Gasteiger partial charge in [-0.15, -0.1) is 0 Å². The van der Waals surface area contributed by atoms with E-state index in [0.29, 0.717) is 12.0 Å². The third-order valence-electron chi connectivity index (χ3n) is 2.58. The summed E-state index contributed by atoms with van der Waals surface area (Å²) in [4.78, 5) is 2.32. The van der Waals surface area contributed by atoms with Crippen LogP contribution in [-0.4, -0.2) is 20.1 Å². The monoisotopic (exact) mass is 298 g/mol. The molecule has 0 unspecified atom stereocenters. The van der Waals surface area contributed by atoms with Crippen molar-refractivity contribution in [2.24, 2.45) is 11.1 Å². The minimum absolute atomic E-state index is 0.293. The van der Waals surface area contributed by atoms with E-state index in [2.05, 4.69) is 66.8 Å². The fourth-order valence-electron chi connectivity index (χ4n) is 2.08. The van der Waals surface area contributed by atoms with Gasteiger partial charge in [-0.1, -0.05) is 36.7 Å². The van der Waals surface area contributed by atoms with E-state index in [1.807, 2.05) is 0 Å². The molecule has 0 heterocycles. The van der Waals surface area contributed by atoms with Crippen molar-refractivity contribution >= 4 is 21.6 Å². The lowest BCUT2D eigenvalue weighted by atomic mass is 9.95. The largest absolute Gasteiger partial charge is 0.374 e. The highest BCUT2D eigenvalue weighted by Gasteiger charge is 2.15. The first-order valence-electron chi connectivity index (χ1n) is 6.03. The van der Waals surface area contributed by atoms with E-state index in [9.17, 15) is 0 Å². The molecule has 3 heteroatoms. The maximum absolute atomic E-state index is 5.67. The molecule has 2 nitrogen and oxygen atoms in total. The van der Waals surface area contributed by atoms with Gasteiger partial charge in [-0.25, -0.2) is 0 Å². The summed E-state index contributed by atoms with van der Waals surface area (Å²) < 4.78 is 1.12. The van der Waals surface area contributed by atoms with E-state index in [4.69, 9.17) is 5.73 Å². The van der Waals surface area contributed by atoms with Crippen molar-refractivity contribution in [2.75, 3.05) is 25.0 Å². The maximum Gasteiger partial charge on any atom is 0.0397 e. The van der Waals surface area contributed by atoms with Gasteiger partial charge in [0.15, 0.2) is 0 Å². The second-order valence-electron chi connectivity index (χ2n) is 5.73. The van der Waals surface area contributed by atoms with Gasteiger partial charge in [0.2, 0.25) is 0 Å². The molecule has 0 atom stereocenters. The van der Waals surface area contributed by atoms with Crippen LogP contribution in [0.25, 0.3) is 0 Å². The standard InChI is InChI=1S/C14H23BrN2/c1-14(2,3)10-17(4)13-6-5-12(15)9-11(13)7-8-16/h5-6,9H,7-8,10,16H2,1-4H3. The summed E-state index contributed by atoms with van der Waals surface area (Å²) >= 11 is 3.52.